The molecule has 7 heteroatoms. The molecule has 2 amide bonds. The molecule has 0 radical (unpaired) electrons. The smallest absolute Gasteiger partial charge is 0.246 e. The average molecular weight is 433 g/mol. The van der Waals surface area contributed by atoms with Crippen molar-refractivity contribution in [2.75, 3.05) is 19.0 Å². The minimum absolute atomic E-state index is 0.00647. The highest BCUT2D eigenvalue weighted by Crippen LogP contribution is 2.31. The van der Waals surface area contributed by atoms with E-state index in [0.29, 0.717) is 5.95 Å². The molecule has 1 saturated carbocycles. The molecule has 0 spiro atoms. The third-order valence-electron chi connectivity index (χ3n) is 5.52. The number of hydrogen-bond acceptors (Lipinski definition) is 4. The summed E-state index contributed by atoms with van der Waals surface area (Å²) in [6.45, 7) is 3.87. The van der Waals surface area contributed by atoms with Crippen LogP contribution < -0.4 is 10.1 Å². The number of nitrogens with zero attached hydrogens (tertiary/aromatic N) is 3. The van der Waals surface area contributed by atoms with Gasteiger partial charge in [-0.1, -0.05) is 18.2 Å². The van der Waals surface area contributed by atoms with Crippen LogP contribution in [-0.4, -0.2) is 46.0 Å². The minimum Gasteiger partial charge on any atom is -0.497 e. The summed E-state index contributed by atoms with van der Waals surface area (Å²) >= 11 is 0. The molecule has 32 heavy (non-hydrogen) atoms. The summed E-state index contributed by atoms with van der Waals surface area (Å²) in [7, 11) is 1.63. The van der Waals surface area contributed by atoms with Gasteiger partial charge < -0.3 is 9.64 Å². The molecule has 0 unspecified atom stereocenters. The monoisotopic (exact) mass is 432 g/mol. The van der Waals surface area contributed by atoms with E-state index in [0.717, 1.165) is 35.5 Å². The summed E-state index contributed by atoms with van der Waals surface area (Å²) in [6, 6.07) is 17.3. The molecule has 1 aromatic heterocycles. The van der Waals surface area contributed by atoms with Gasteiger partial charge in [0, 0.05) is 29.4 Å². The van der Waals surface area contributed by atoms with Gasteiger partial charge in [0.25, 0.3) is 0 Å². The van der Waals surface area contributed by atoms with E-state index in [9.17, 15) is 9.59 Å². The van der Waals surface area contributed by atoms with E-state index < -0.39 is 0 Å². The number of ether oxygens (including phenoxy) is 1. The topological polar surface area (TPSA) is 76.5 Å². The van der Waals surface area contributed by atoms with Crippen LogP contribution in [0.3, 0.4) is 0 Å². The molecule has 1 N–H and O–H groups in total. The van der Waals surface area contributed by atoms with E-state index >= 15 is 0 Å². The molecule has 166 valence electrons. The van der Waals surface area contributed by atoms with Gasteiger partial charge >= 0.3 is 0 Å². The maximum absolute atomic E-state index is 12.9. The largest absolute Gasteiger partial charge is 0.497 e. The van der Waals surface area contributed by atoms with Crippen molar-refractivity contribution in [3.05, 3.63) is 60.8 Å². The molecule has 1 heterocycles. The molecule has 1 aliphatic rings. The first-order valence-corrected chi connectivity index (χ1v) is 10.9. The average Bonchev–Trinajstić information content (AvgIpc) is 3.58. The number of aromatic nitrogens is 2. The summed E-state index contributed by atoms with van der Waals surface area (Å²) in [5.74, 6) is 1.03. The Balaban J connectivity index is 1.60. The number of para-hydroxylation sites is 1. The van der Waals surface area contributed by atoms with Crippen molar-refractivity contribution in [2.45, 2.75) is 32.7 Å². The van der Waals surface area contributed by atoms with Gasteiger partial charge in [0.2, 0.25) is 17.8 Å². The lowest BCUT2D eigenvalue weighted by molar-refractivity contribution is -0.137. The van der Waals surface area contributed by atoms with Gasteiger partial charge in [-0.05, 0) is 63.1 Å². The maximum Gasteiger partial charge on any atom is 0.246 e. The quantitative estimate of drug-likeness (QED) is 0.581. The Morgan fingerprint density at radius 3 is 2.41 bits per heavy atom. The van der Waals surface area contributed by atoms with E-state index in [4.69, 9.17) is 4.74 Å². The summed E-state index contributed by atoms with van der Waals surface area (Å²) in [4.78, 5) is 31.8. The Labute approximate surface area is 188 Å². The van der Waals surface area contributed by atoms with Crippen LogP contribution in [0, 0.1) is 5.92 Å². The summed E-state index contributed by atoms with van der Waals surface area (Å²) < 4.78 is 7.08. The van der Waals surface area contributed by atoms with Crippen molar-refractivity contribution in [3.63, 3.8) is 0 Å². The highest BCUT2D eigenvalue weighted by Gasteiger charge is 2.35. The zero-order chi connectivity index (χ0) is 22.7. The molecule has 7 nitrogen and oxygen atoms in total. The van der Waals surface area contributed by atoms with Crippen LogP contribution in [-0.2, 0) is 9.59 Å². The Morgan fingerprint density at radius 1 is 1.12 bits per heavy atom. The first kappa shape index (κ1) is 21.6. The molecular weight excluding hydrogens is 404 g/mol. The number of carbonyl (C=O) groups is 2. The van der Waals surface area contributed by atoms with Crippen LogP contribution in [0.25, 0.3) is 16.9 Å². The number of nitrogens with one attached hydrogen (secondary N) is 1. The normalized spacial score (nSPS) is 13.1. The standard InChI is InChI=1S/C25H28N4O3/c1-17(2)28(24(31)19-9-10-19)16-23(30)27-25-26-22(18-11-13-21(32-3)14-12-18)15-29(25)20-7-5-4-6-8-20/h4-8,11-15,17,19H,9-10,16H2,1-3H3,(H,26,27,30). The van der Waals surface area contributed by atoms with Gasteiger partial charge in [0.1, 0.15) is 12.3 Å². The van der Waals surface area contributed by atoms with Crippen molar-refractivity contribution in [2.24, 2.45) is 5.92 Å². The second kappa shape index (κ2) is 9.26. The van der Waals surface area contributed by atoms with Crippen molar-refractivity contribution < 1.29 is 14.3 Å². The van der Waals surface area contributed by atoms with E-state index in [1.165, 1.54) is 0 Å². The lowest BCUT2D eigenvalue weighted by atomic mass is 10.1. The van der Waals surface area contributed by atoms with Crippen LogP contribution >= 0.6 is 0 Å². The molecule has 0 bridgehead atoms. The van der Waals surface area contributed by atoms with Gasteiger partial charge in [0.05, 0.1) is 12.8 Å². The zero-order valence-electron chi connectivity index (χ0n) is 18.6. The first-order valence-electron chi connectivity index (χ1n) is 10.9. The Morgan fingerprint density at radius 2 is 1.81 bits per heavy atom. The van der Waals surface area contributed by atoms with Crippen molar-refractivity contribution in [3.8, 4) is 22.7 Å². The summed E-state index contributed by atoms with van der Waals surface area (Å²) in [6.07, 6.45) is 3.71. The lowest BCUT2D eigenvalue weighted by Gasteiger charge is -2.26. The fourth-order valence-electron chi connectivity index (χ4n) is 3.55. The van der Waals surface area contributed by atoms with E-state index in [2.05, 4.69) is 10.3 Å². The van der Waals surface area contributed by atoms with E-state index in [1.807, 2.05) is 79.2 Å². The van der Waals surface area contributed by atoms with Crippen LogP contribution in [0.1, 0.15) is 26.7 Å². The van der Waals surface area contributed by atoms with E-state index in [-0.39, 0.29) is 30.3 Å². The molecule has 3 aromatic rings. The highest BCUT2D eigenvalue weighted by molar-refractivity contribution is 5.94. The molecular formula is C25H28N4O3. The number of hydrogen-bond donors (Lipinski definition) is 1. The second-order valence-electron chi connectivity index (χ2n) is 8.27. The summed E-state index contributed by atoms with van der Waals surface area (Å²) in [5.41, 5.74) is 2.51. The summed E-state index contributed by atoms with van der Waals surface area (Å²) in [5, 5.41) is 2.92. The molecule has 1 aliphatic carbocycles. The number of benzene rings is 2. The van der Waals surface area contributed by atoms with Crippen molar-refractivity contribution in [1.29, 1.82) is 0 Å². The van der Waals surface area contributed by atoms with Gasteiger partial charge in [-0.3, -0.25) is 19.5 Å². The van der Waals surface area contributed by atoms with Crippen LogP contribution in [0.4, 0.5) is 5.95 Å². The molecule has 1 fully saturated rings. The molecule has 2 aromatic carbocycles. The highest BCUT2D eigenvalue weighted by atomic mass is 16.5. The third-order valence-corrected chi connectivity index (χ3v) is 5.52. The Hall–Kier alpha value is -3.61. The van der Waals surface area contributed by atoms with Crippen molar-refractivity contribution >= 4 is 17.8 Å². The second-order valence-corrected chi connectivity index (χ2v) is 8.27. The van der Waals surface area contributed by atoms with Crippen LogP contribution in [0.15, 0.2) is 60.8 Å². The van der Waals surface area contributed by atoms with Gasteiger partial charge in [-0.25, -0.2) is 4.98 Å². The number of imidazole rings is 1. The van der Waals surface area contributed by atoms with Crippen molar-refractivity contribution in [1.82, 2.24) is 14.5 Å². The Kier molecular flexibility index (Phi) is 6.25. The molecule has 4 rings (SSSR count). The van der Waals surface area contributed by atoms with Crippen LogP contribution in [0.5, 0.6) is 5.75 Å². The third kappa shape index (κ3) is 4.82. The SMILES string of the molecule is COc1ccc(-c2cn(-c3ccccc3)c(NC(=O)CN(C(=O)C3CC3)C(C)C)n2)cc1. The zero-order valence-corrected chi connectivity index (χ0v) is 18.6. The fraction of sp³-hybridized carbons (Fsp3) is 0.320. The van der Waals surface area contributed by atoms with Gasteiger partial charge in [0.15, 0.2) is 0 Å². The van der Waals surface area contributed by atoms with E-state index in [1.54, 1.807) is 12.0 Å². The maximum atomic E-state index is 12.9. The molecule has 0 aliphatic heterocycles. The predicted octanol–water partition coefficient (Wildman–Crippen LogP) is 4.13. The van der Waals surface area contributed by atoms with Crippen LogP contribution in [0.2, 0.25) is 0 Å². The predicted molar refractivity (Wildman–Crippen MR) is 124 cm³/mol. The number of rotatable bonds is 8. The number of anilines is 1. The Bertz CT molecular complexity index is 1090. The van der Waals surface area contributed by atoms with Gasteiger partial charge in [-0.2, -0.15) is 0 Å². The number of amides is 2. The first-order chi connectivity index (χ1) is 15.5. The fourth-order valence-corrected chi connectivity index (χ4v) is 3.55. The lowest BCUT2D eigenvalue weighted by Crippen LogP contribution is -2.43. The number of carbonyl (C=O) groups excluding carboxylic acids is 2. The number of methoxy groups -OCH3 is 1. The molecule has 0 saturated heterocycles. The minimum atomic E-state index is -0.267. The molecule has 0 atom stereocenters. The van der Waals surface area contributed by atoms with Gasteiger partial charge in [-0.15, -0.1) is 0 Å².